The van der Waals surface area contributed by atoms with Crippen LogP contribution >= 0.6 is 0 Å². The van der Waals surface area contributed by atoms with Gasteiger partial charge in [-0.3, -0.25) is 4.79 Å². The number of amides is 1. The lowest BCUT2D eigenvalue weighted by Gasteiger charge is -2.22. The average Bonchev–Trinajstić information content (AvgIpc) is 3.03. The molecule has 1 heterocycles. The first kappa shape index (κ1) is 19.7. The lowest BCUT2D eigenvalue weighted by Crippen LogP contribution is -2.38. The summed E-state index contributed by atoms with van der Waals surface area (Å²) in [5.41, 5.74) is 1.57. The highest BCUT2D eigenvalue weighted by atomic mass is 32.2. The van der Waals surface area contributed by atoms with Crippen LogP contribution in [-0.2, 0) is 19.6 Å². The van der Waals surface area contributed by atoms with Crippen LogP contribution in [0.2, 0.25) is 0 Å². The minimum Gasteiger partial charge on any atom is -0.495 e. The molecular weight excluding hydrogens is 344 g/mol. The number of sulfonamides is 1. The van der Waals surface area contributed by atoms with Gasteiger partial charge in [-0.05, 0) is 37.5 Å². The van der Waals surface area contributed by atoms with Crippen molar-refractivity contribution in [3.8, 4) is 5.75 Å². The number of aryl methyl sites for hydroxylation is 1. The molecule has 0 aromatic heterocycles. The number of carbonyl (C=O) groups is 1. The van der Waals surface area contributed by atoms with Crippen molar-refractivity contribution in [3.05, 3.63) is 23.8 Å². The van der Waals surface area contributed by atoms with E-state index in [1.807, 2.05) is 19.1 Å². The molecule has 25 heavy (non-hydrogen) atoms. The molecule has 1 aliphatic rings. The summed E-state index contributed by atoms with van der Waals surface area (Å²) in [5.74, 6) is 0.308. The molecule has 7 nitrogen and oxygen atoms in total. The van der Waals surface area contributed by atoms with E-state index in [0.717, 1.165) is 24.7 Å². The Labute approximate surface area is 149 Å². The molecule has 1 aromatic carbocycles. The molecule has 2 rings (SSSR count). The third-order valence-corrected chi connectivity index (χ3v) is 5.39. The summed E-state index contributed by atoms with van der Waals surface area (Å²) in [7, 11) is -1.86. The fraction of sp³-hybridized carbons (Fsp3) is 0.588. The molecule has 1 aromatic rings. The van der Waals surface area contributed by atoms with Gasteiger partial charge in [0.2, 0.25) is 15.9 Å². The van der Waals surface area contributed by atoms with Gasteiger partial charge >= 0.3 is 0 Å². The summed E-state index contributed by atoms with van der Waals surface area (Å²) < 4.78 is 36.0. The summed E-state index contributed by atoms with van der Waals surface area (Å²) in [4.78, 5) is 12.2. The highest BCUT2D eigenvalue weighted by molar-refractivity contribution is 7.88. The topological polar surface area (TPSA) is 84.9 Å². The molecule has 0 saturated carbocycles. The number of carbonyl (C=O) groups excluding carboxylic acids is 1. The number of benzene rings is 1. The van der Waals surface area contributed by atoms with E-state index in [0.29, 0.717) is 24.6 Å². The molecular formula is C17H26N2O5S. The second kappa shape index (κ2) is 8.64. The highest BCUT2D eigenvalue weighted by Crippen LogP contribution is 2.25. The maximum absolute atomic E-state index is 12.2. The zero-order chi connectivity index (χ0) is 18.4. The van der Waals surface area contributed by atoms with Crippen LogP contribution in [0.1, 0.15) is 24.8 Å². The summed E-state index contributed by atoms with van der Waals surface area (Å²) in [5, 5.41) is 2.79. The fourth-order valence-electron chi connectivity index (χ4n) is 2.77. The highest BCUT2D eigenvalue weighted by Gasteiger charge is 2.25. The maximum atomic E-state index is 12.2. The van der Waals surface area contributed by atoms with Gasteiger partial charge in [0, 0.05) is 26.1 Å². The van der Waals surface area contributed by atoms with E-state index in [4.69, 9.17) is 9.47 Å². The lowest BCUT2D eigenvalue weighted by molar-refractivity contribution is -0.116. The first-order valence-electron chi connectivity index (χ1n) is 8.31. The van der Waals surface area contributed by atoms with Gasteiger partial charge in [0.1, 0.15) is 5.75 Å². The van der Waals surface area contributed by atoms with E-state index >= 15 is 0 Å². The molecule has 1 atom stereocenters. The minimum atomic E-state index is -3.39. The van der Waals surface area contributed by atoms with Gasteiger partial charge in [-0.15, -0.1) is 0 Å². The van der Waals surface area contributed by atoms with Gasteiger partial charge in [0.25, 0.3) is 0 Å². The van der Waals surface area contributed by atoms with Gasteiger partial charge in [-0.1, -0.05) is 6.07 Å². The SMILES string of the molecule is COc1ccc(C)cc1NC(=O)CCN(CC1CCCO1)S(C)(=O)=O. The Morgan fingerprint density at radius 2 is 2.20 bits per heavy atom. The molecule has 1 unspecified atom stereocenters. The van der Waals surface area contributed by atoms with Crippen molar-refractivity contribution >= 4 is 21.6 Å². The van der Waals surface area contributed by atoms with Crippen LogP contribution in [0, 0.1) is 6.92 Å². The number of nitrogens with zero attached hydrogens (tertiary/aromatic N) is 1. The van der Waals surface area contributed by atoms with Crippen molar-refractivity contribution < 1.29 is 22.7 Å². The summed E-state index contributed by atoms with van der Waals surface area (Å²) >= 11 is 0. The van der Waals surface area contributed by atoms with E-state index in [-0.39, 0.29) is 25.0 Å². The van der Waals surface area contributed by atoms with Gasteiger partial charge < -0.3 is 14.8 Å². The van der Waals surface area contributed by atoms with Gasteiger partial charge in [-0.2, -0.15) is 4.31 Å². The smallest absolute Gasteiger partial charge is 0.225 e. The Kier molecular flexibility index (Phi) is 6.80. The van der Waals surface area contributed by atoms with Crippen molar-refractivity contribution in [2.24, 2.45) is 0 Å². The van der Waals surface area contributed by atoms with Gasteiger partial charge in [-0.25, -0.2) is 8.42 Å². The van der Waals surface area contributed by atoms with Gasteiger partial charge in [0.15, 0.2) is 0 Å². The van der Waals surface area contributed by atoms with Gasteiger partial charge in [0.05, 0.1) is 25.2 Å². The second-order valence-electron chi connectivity index (χ2n) is 6.26. The monoisotopic (exact) mass is 370 g/mol. The Bertz CT molecular complexity index is 699. The van der Waals surface area contributed by atoms with Crippen LogP contribution in [0.3, 0.4) is 0 Å². The second-order valence-corrected chi connectivity index (χ2v) is 8.24. The predicted molar refractivity (Wildman–Crippen MR) is 96.4 cm³/mol. The van der Waals surface area contributed by atoms with Crippen LogP contribution in [-0.4, -0.2) is 57.8 Å². The van der Waals surface area contributed by atoms with Crippen LogP contribution in [0.4, 0.5) is 5.69 Å². The third kappa shape index (κ3) is 5.98. The summed E-state index contributed by atoms with van der Waals surface area (Å²) in [6.45, 7) is 3.00. The van der Waals surface area contributed by atoms with E-state index in [1.165, 1.54) is 11.4 Å². The number of nitrogens with one attached hydrogen (secondary N) is 1. The largest absolute Gasteiger partial charge is 0.495 e. The van der Waals surface area contributed by atoms with Crippen LogP contribution in [0.25, 0.3) is 0 Å². The average molecular weight is 370 g/mol. The molecule has 1 aliphatic heterocycles. The van der Waals surface area contributed by atoms with E-state index < -0.39 is 10.0 Å². The summed E-state index contributed by atoms with van der Waals surface area (Å²) in [6.07, 6.45) is 2.92. The van der Waals surface area contributed by atoms with Crippen LogP contribution < -0.4 is 10.1 Å². The Morgan fingerprint density at radius 3 is 2.80 bits per heavy atom. The molecule has 1 amide bonds. The van der Waals surface area contributed by atoms with Crippen LogP contribution in [0.15, 0.2) is 18.2 Å². The number of anilines is 1. The van der Waals surface area contributed by atoms with Crippen molar-refractivity contribution in [3.63, 3.8) is 0 Å². The number of hydrogen-bond donors (Lipinski definition) is 1. The van der Waals surface area contributed by atoms with Crippen molar-refractivity contribution in [2.45, 2.75) is 32.3 Å². The van der Waals surface area contributed by atoms with E-state index in [2.05, 4.69) is 5.32 Å². The molecule has 1 saturated heterocycles. The summed E-state index contributed by atoms with van der Waals surface area (Å²) in [6, 6.07) is 5.49. The molecule has 1 fully saturated rings. The quantitative estimate of drug-likeness (QED) is 0.754. The van der Waals surface area contributed by atoms with Crippen molar-refractivity contribution in [1.29, 1.82) is 0 Å². The zero-order valence-electron chi connectivity index (χ0n) is 14.9. The first-order chi connectivity index (χ1) is 11.8. The first-order valence-corrected chi connectivity index (χ1v) is 10.2. The molecule has 0 aliphatic carbocycles. The molecule has 1 N–H and O–H groups in total. The normalized spacial score (nSPS) is 17.7. The number of rotatable bonds is 8. The fourth-order valence-corrected chi connectivity index (χ4v) is 3.63. The molecule has 0 radical (unpaired) electrons. The number of hydrogen-bond acceptors (Lipinski definition) is 5. The minimum absolute atomic E-state index is 0.0664. The maximum Gasteiger partial charge on any atom is 0.225 e. The number of ether oxygens (including phenoxy) is 2. The van der Waals surface area contributed by atoms with Crippen LogP contribution in [0.5, 0.6) is 5.75 Å². The number of methoxy groups -OCH3 is 1. The lowest BCUT2D eigenvalue weighted by atomic mass is 10.2. The van der Waals surface area contributed by atoms with Crippen molar-refractivity contribution in [2.75, 3.05) is 38.4 Å². The van der Waals surface area contributed by atoms with E-state index in [9.17, 15) is 13.2 Å². The molecule has 0 spiro atoms. The van der Waals surface area contributed by atoms with E-state index in [1.54, 1.807) is 6.07 Å². The third-order valence-electron chi connectivity index (χ3n) is 4.12. The molecule has 0 bridgehead atoms. The molecule has 140 valence electrons. The Hall–Kier alpha value is -1.64. The standard InChI is InChI=1S/C17H26N2O5S/c1-13-6-7-16(23-2)15(11-13)18-17(20)8-9-19(25(3,21)22)12-14-5-4-10-24-14/h6-7,11,14H,4-5,8-10,12H2,1-3H3,(H,18,20). The Balaban J connectivity index is 1.95. The zero-order valence-corrected chi connectivity index (χ0v) is 15.8. The predicted octanol–water partition coefficient (Wildman–Crippen LogP) is 1.77. The Morgan fingerprint density at radius 1 is 1.44 bits per heavy atom. The molecule has 8 heteroatoms. The van der Waals surface area contributed by atoms with Crippen molar-refractivity contribution in [1.82, 2.24) is 4.31 Å².